The Bertz CT molecular complexity index is 531. The smallest absolute Gasteiger partial charge is 0.308 e. The van der Waals surface area contributed by atoms with Crippen LogP contribution in [-0.4, -0.2) is 105 Å². The second-order valence-electron chi connectivity index (χ2n) is 7.96. The van der Waals surface area contributed by atoms with Crippen molar-refractivity contribution in [1.82, 2.24) is 0 Å². The summed E-state index contributed by atoms with van der Waals surface area (Å²) in [5.41, 5.74) is 0. The second kappa shape index (κ2) is 11.7. The van der Waals surface area contributed by atoms with Crippen LogP contribution in [0, 0.1) is 0 Å². The van der Waals surface area contributed by atoms with Crippen LogP contribution in [-0.2, 0) is 23.7 Å². The Morgan fingerprint density at radius 1 is 1.00 bits per heavy atom. The van der Waals surface area contributed by atoms with Crippen LogP contribution in [0.4, 0.5) is 0 Å². The van der Waals surface area contributed by atoms with E-state index >= 15 is 0 Å². The molecule has 2 aliphatic heterocycles. The maximum Gasteiger partial charge on any atom is 0.308 e. The molecule has 0 aromatic carbocycles. The van der Waals surface area contributed by atoms with E-state index in [0.717, 1.165) is 0 Å². The van der Waals surface area contributed by atoms with Gasteiger partial charge in [0, 0.05) is 12.8 Å². The van der Waals surface area contributed by atoms with Crippen LogP contribution >= 0.6 is 0 Å². The zero-order chi connectivity index (χ0) is 22.4. The van der Waals surface area contributed by atoms with Crippen LogP contribution in [0.3, 0.4) is 0 Å². The van der Waals surface area contributed by atoms with E-state index < -0.39 is 67.9 Å². The lowest BCUT2D eigenvalue weighted by Gasteiger charge is -2.39. The number of carbonyl (C=O) groups is 1. The molecular weight excluding hydrogens is 404 g/mol. The lowest BCUT2D eigenvalue weighted by atomic mass is 9.99. The van der Waals surface area contributed by atoms with Gasteiger partial charge in [-0.2, -0.15) is 0 Å². The Morgan fingerprint density at radius 3 is 2.37 bits per heavy atom. The summed E-state index contributed by atoms with van der Waals surface area (Å²) in [5, 5.41) is 58.0. The highest BCUT2D eigenvalue weighted by Crippen LogP contribution is 2.24. The standard InChI is InChI=1S/C19H34O11/c1-9(27-18-12(22)7-11(21)10(2)28-18)5-3-4-6-14(23)30-19-17(26)16(25)15(24)13(8-20)29-19/h9-13,15-22,24-26H,3-8H2,1-2H3. The van der Waals surface area contributed by atoms with Crippen molar-refractivity contribution in [3.05, 3.63) is 0 Å². The molecule has 176 valence electrons. The largest absolute Gasteiger partial charge is 0.433 e. The van der Waals surface area contributed by atoms with Gasteiger partial charge in [0.1, 0.15) is 30.5 Å². The Morgan fingerprint density at radius 2 is 1.70 bits per heavy atom. The molecule has 30 heavy (non-hydrogen) atoms. The number of aliphatic hydroxyl groups is 6. The van der Waals surface area contributed by atoms with Crippen LogP contribution in [0.5, 0.6) is 0 Å². The monoisotopic (exact) mass is 438 g/mol. The highest BCUT2D eigenvalue weighted by Gasteiger charge is 2.45. The highest BCUT2D eigenvalue weighted by molar-refractivity contribution is 5.69. The van der Waals surface area contributed by atoms with Crippen molar-refractivity contribution >= 4 is 5.97 Å². The zero-order valence-electron chi connectivity index (χ0n) is 17.2. The van der Waals surface area contributed by atoms with Gasteiger partial charge in [-0.25, -0.2) is 0 Å². The molecule has 10 unspecified atom stereocenters. The van der Waals surface area contributed by atoms with Gasteiger partial charge >= 0.3 is 5.97 Å². The summed E-state index contributed by atoms with van der Waals surface area (Å²) < 4.78 is 21.3. The first-order valence-corrected chi connectivity index (χ1v) is 10.3. The summed E-state index contributed by atoms with van der Waals surface area (Å²) in [6, 6.07) is 0. The van der Waals surface area contributed by atoms with Gasteiger partial charge in [-0.15, -0.1) is 0 Å². The maximum atomic E-state index is 12.0. The first-order chi connectivity index (χ1) is 14.1. The van der Waals surface area contributed by atoms with Crippen LogP contribution in [0.2, 0.25) is 0 Å². The molecule has 0 radical (unpaired) electrons. The Hall–Kier alpha value is -0.890. The van der Waals surface area contributed by atoms with Crippen molar-refractivity contribution in [3.8, 4) is 0 Å². The molecule has 2 heterocycles. The Kier molecular flexibility index (Phi) is 9.85. The molecule has 0 aliphatic carbocycles. The minimum absolute atomic E-state index is 0.0352. The molecule has 11 heteroatoms. The SMILES string of the molecule is CC(CCCCC(=O)OC1OC(CO)C(O)C(O)C1O)OC1OC(C)C(O)CC1O. The average Bonchev–Trinajstić information content (AvgIpc) is 2.69. The molecule has 11 nitrogen and oxygen atoms in total. The molecule has 0 spiro atoms. The van der Waals surface area contributed by atoms with Crippen LogP contribution in [0.25, 0.3) is 0 Å². The van der Waals surface area contributed by atoms with Gasteiger partial charge in [-0.1, -0.05) is 6.42 Å². The normalized spacial score (nSPS) is 40.7. The van der Waals surface area contributed by atoms with Crippen molar-refractivity contribution in [2.75, 3.05) is 6.61 Å². The minimum Gasteiger partial charge on any atom is -0.433 e. The molecule has 10 atom stereocenters. The topological polar surface area (TPSA) is 175 Å². The van der Waals surface area contributed by atoms with Crippen molar-refractivity contribution in [1.29, 1.82) is 0 Å². The van der Waals surface area contributed by atoms with E-state index in [9.17, 15) is 30.3 Å². The highest BCUT2D eigenvalue weighted by atomic mass is 16.7. The molecule has 2 rings (SSSR count). The van der Waals surface area contributed by atoms with E-state index in [4.69, 9.17) is 24.1 Å². The lowest BCUT2D eigenvalue weighted by Crippen LogP contribution is -2.59. The molecule has 0 saturated carbocycles. The van der Waals surface area contributed by atoms with E-state index in [1.807, 2.05) is 6.92 Å². The van der Waals surface area contributed by atoms with Gasteiger partial charge in [-0.05, 0) is 26.7 Å². The minimum atomic E-state index is -1.62. The molecular formula is C19H34O11. The van der Waals surface area contributed by atoms with Crippen LogP contribution in [0.1, 0.15) is 46.0 Å². The summed E-state index contributed by atoms with van der Waals surface area (Å²) in [5.74, 6) is -0.651. The average molecular weight is 438 g/mol. The molecule has 6 N–H and O–H groups in total. The van der Waals surface area contributed by atoms with Crippen LogP contribution in [0.15, 0.2) is 0 Å². The second-order valence-corrected chi connectivity index (χ2v) is 7.96. The van der Waals surface area contributed by atoms with Crippen molar-refractivity contribution < 1.29 is 54.4 Å². The fourth-order valence-corrected chi connectivity index (χ4v) is 3.42. The Balaban J connectivity index is 1.66. The number of hydrogen-bond acceptors (Lipinski definition) is 11. The maximum absolute atomic E-state index is 12.0. The summed E-state index contributed by atoms with van der Waals surface area (Å²) in [6.45, 7) is 2.92. The van der Waals surface area contributed by atoms with Gasteiger partial charge in [0.25, 0.3) is 0 Å². The molecule has 0 amide bonds. The number of hydrogen-bond donors (Lipinski definition) is 6. The first-order valence-electron chi connectivity index (χ1n) is 10.3. The van der Waals surface area contributed by atoms with Crippen molar-refractivity contribution in [3.63, 3.8) is 0 Å². The van der Waals surface area contributed by atoms with Crippen molar-refractivity contribution in [2.45, 2.75) is 107 Å². The number of esters is 1. The third kappa shape index (κ3) is 6.81. The molecule has 2 aliphatic rings. The quantitative estimate of drug-likeness (QED) is 0.176. The van der Waals surface area contributed by atoms with E-state index in [-0.39, 0.29) is 18.9 Å². The van der Waals surface area contributed by atoms with Gasteiger partial charge in [-0.3, -0.25) is 4.79 Å². The van der Waals surface area contributed by atoms with Gasteiger partial charge < -0.3 is 49.6 Å². The van der Waals surface area contributed by atoms with Gasteiger partial charge in [0.15, 0.2) is 6.29 Å². The number of aliphatic hydroxyl groups excluding tert-OH is 6. The van der Waals surface area contributed by atoms with E-state index in [2.05, 4.69) is 0 Å². The third-order valence-corrected chi connectivity index (χ3v) is 5.39. The molecule has 2 saturated heterocycles. The predicted octanol–water partition coefficient (Wildman–Crippen LogP) is -1.85. The summed E-state index contributed by atoms with van der Waals surface area (Å²) in [7, 11) is 0. The summed E-state index contributed by atoms with van der Waals surface area (Å²) in [4.78, 5) is 12.0. The van der Waals surface area contributed by atoms with E-state index in [1.54, 1.807) is 6.92 Å². The Labute approximate surface area is 175 Å². The third-order valence-electron chi connectivity index (χ3n) is 5.39. The van der Waals surface area contributed by atoms with Gasteiger partial charge in [0.2, 0.25) is 6.29 Å². The summed E-state index contributed by atoms with van der Waals surface area (Å²) >= 11 is 0. The molecule has 2 fully saturated rings. The molecule has 0 bridgehead atoms. The fraction of sp³-hybridized carbons (Fsp3) is 0.947. The first kappa shape index (κ1) is 25.4. The number of carbonyl (C=O) groups excluding carboxylic acids is 1. The summed E-state index contributed by atoms with van der Waals surface area (Å²) in [6.07, 6.45) is -8.58. The van der Waals surface area contributed by atoms with E-state index in [0.29, 0.717) is 19.3 Å². The number of unbranched alkanes of at least 4 members (excludes halogenated alkanes) is 1. The fourth-order valence-electron chi connectivity index (χ4n) is 3.42. The predicted molar refractivity (Wildman–Crippen MR) is 99.8 cm³/mol. The number of rotatable bonds is 9. The zero-order valence-corrected chi connectivity index (χ0v) is 17.2. The van der Waals surface area contributed by atoms with Crippen LogP contribution < -0.4 is 0 Å². The molecule has 0 aromatic rings. The number of ether oxygens (including phenoxy) is 4. The van der Waals surface area contributed by atoms with Crippen molar-refractivity contribution in [2.24, 2.45) is 0 Å². The molecule has 0 aromatic heterocycles. The van der Waals surface area contributed by atoms with Gasteiger partial charge in [0.05, 0.1) is 24.9 Å². The van der Waals surface area contributed by atoms with E-state index in [1.165, 1.54) is 0 Å². The lowest BCUT2D eigenvalue weighted by molar-refractivity contribution is -0.292.